The zero-order chi connectivity index (χ0) is 13.0. The number of hydrogen-bond acceptors (Lipinski definition) is 3. The first-order valence-electron chi connectivity index (χ1n) is 7.27. The molecule has 0 aromatic rings. The number of ether oxygens (including phenoxy) is 1. The fraction of sp³-hybridized carbons (Fsp3) is 0.929. The molecule has 2 atom stereocenters. The largest absolute Gasteiger partial charge is 0.381 e. The van der Waals surface area contributed by atoms with Crippen LogP contribution in [0.25, 0.3) is 0 Å². The van der Waals surface area contributed by atoms with Crippen LogP contribution in [0.15, 0.2) is 0 Å². The second-order valence-corrected chi connectivity index (χ2v) is 5.77. The molecule has 2 aliphatic heterocycles. The molecule has 0 aromatic heterocycles. The zero-order valence-corrected chi connectivity index (χ0v) is 11.6. The van der Waals surface area contributed by atoms with Crippen LogP contribution in [0.3, 0.4) is 0 Å². The molecule has 2 rings (SSSR count). The Morgan fingerprint density at radius 1 is 1.50 bits per heavy atom. The van der Waals surface area contributed by atoms with E-state index in [1.807, 2.05) is 0 Å². The van der Waals surface area contributed by atoms with Gasteiger partial charge in [0.15, 0.2) is 0 Å². The lowest BCUT2D eigenvalue weighted by molar-refractivity contribution is -0.133. The van der Waals surface area contributed by atoms with Gasteiger partial charge in [0.05, 0.1) is 12.0 Å². The van der Waals surface area contributed by atoms with Crippen LogP contribution in [0.1, 0.15) is 39.5 Å². The highest BCUT2D eigenvalue weighted by molar-refractivity contribution is 5.83. The second kappa shape index (κ2) is 6.02. The average molecular weight is 254 g/mol. The van der Waals surface area contributed by atoms with E-state index < -0.39 is 0 Å². The Balaban J connectivity index is 1.92. The molecular weight excluding hydrogens is 228 g/mol. The van der Waals surface area contributed by atoms with E-state index in [1.165, 1.54) is 0 Å². The molecule has 0 saturated carbocycles. The molecule has 0 spiro atoms. The smallest absolute Gasteiger partial charge is 0.226 e. The van der Waals surface area contributed by atoms with Gasteiger partial charge in [0.25, 0.3) is 0 Å². The number of carbonyl (C=O) groups excluding carboxylic acids is 1. The van der Waals surface area contributed by atoms with E-state index >= 15 is 0 Å². The molecule has 0 aromatic carbocycles. The topological polar surface area (TPSA) is 50.4 Å². The number of nitrogens with one attached hydrogen (secondary N) is 2. The summed E-state index contributed by atoms with van der Waals surface area (Å²) in [6.45, 7) is 7.80. The third-order valence-electron chi connectivity index (χ3n) is 4.75. The summed E-state index contributed by atoms with van der Waals surface area (Å²) in [6.07, 6.45) is 3.93. The first-order chi connectivity index (χ1) is 8.68. The number of rotatable bonds is 4. The van der Waals surface area contributed by atoms with Crippen LogP contribution >= 0.6 is 0 Å². The van der Waals surface area contributed by atoms with E-state index in [9.17, 15) is 4.79 Å². The Kier molecular flexibility index (Phi) is 4.62. The molecular formula is C14H26N2O2. The molecule has 2 saturated heterocycles. The number of piperidine rings is 1. The van der Waals surface area contributed by atoms with Crippen molar-refractivity contribution in [2.45, 2.75) is 45.6 Å². The second-order valence-electron chi connectivity index (χ2n) is 5.77. The number of carbonyl (C=O) groups is 1. The maximum atomic E-state index is 12.5. The van der Waals surface area contributed by atoms with Gasteiger partial charge in [0.2, 0.25) is 5.91 Å². The molecule has 2 unspecified atom stereocenters. The summed E-state index contributed by atoms with van der Waals surface area (Å²) < 4.78 is 5.40. The first kappa shape index (κ1) is 13.8. The third kappa shape index (κ3) is 2.86. The van der Waals surface area contributed by atoms with Gasteiger partial charge in [0, 0.05) is 18.6 Å². The Morgan fingerprint density at radius 3 is 2.78 bits per heavy atom. The number of amides is 1. The van der Waals surface area contributed by atoms with Gasteiger partial charge in [-0.3, -0.25) is 4.79 Å². The van der Waals surface area contributed by atoms with E-state index in [0.29, 0.717) is 5.92 Å². The molecule has 4 nitrogen and oxygen atoms in total. The number of hydrogen-bond donors (Lipinski definition) is 2. The summed E-state index contributed by atoms with van der Waals surface area (Å²) in [5, 5.41) is 6.57. The molecule has 0 bridgehead atoms. The van der Waals surface area contributed by atoms with E-state index in [1.54, 1.807) is 0 Å². The van der Waals surface area contributed by atoms with Crippen molar-refractivity contribution in [3.63, 3.8) is 0 Å². The van der Waals surface area contributed by atoms with Gasteiger partial charge >= 0.3 is 0 Å². The van der Waals surface area contributed by atoms with Crippen molar-refractivity contribution >= 4 is 5.91 Å². The minimum absolute atomic E-state index is 0.140. The highest BCUT2D eigenvalue weighted by atomic mass is 16.5. The van der Waals surface area contributed by atoms with Crippen molar-refractivity contribution < 1.29 is 9.53 Å². The van der Waals surface area contributed by atoms with Crippen LogP contribution in [-0.4, -0.2) is 38.3 Å². The van der Waals surface area contributed by atoms with Crippen molar-refractivity contribution in [1.29, 1.82) is 0 Å². The maximum absolute atomic E-state index is 12.5. The van der Waals surface area contributed by atoms with Gasteiger partial charge in [-0.15, -0.1) is 0 Å². The van der Waals surface area contributed by atoms with Crippen LogP contribution < -0.4 is 10.6 Å². The van der Waals surface area contributed by atoms with Gasteiger partial charge in [-0.1, -0.05) is 6.92 Å². The monoisotopic (exact) mass is 254 g/mol. The van der Waals surface area contributed by atoms with Crippen molar-refractivity contribution in [2.75, 3.05) is 26.3 Å². The molecule has 2 N–H and O–H groups in total. The Morgan fingerprint density at radius 2 is 2.22 bits per heavy atom. The van der Waals surface area contributed by atoms with Crippen molar-refractivity contribution in [1.82, 2.24) is 10.6 Å². The Hall–Kier alpha value is -0.610. The van der Waals surface area contributed by atoms with Crippen molar-refractivity contribution in [2.24, 2.45) is 11.3 Å². The Labute approximate surface area is 110 Å². The summed E-state index contributed by atoms with van der Waals surface area (Å²) in [5.74, 6) is 0.746. The molecule has 4 heteroatoms. The van der Waals surface area contributed by atoms with Crippen LogP contribution in [0.4, 0.5) is 0 Å². The SMILES string of the molecule is CCC1(C(=O)NC(C)C2CCOC2)CCNCC1. The van der Waals surface area contributed by atoms with Gasteiger partial charge in [-0.25, -0.2) is 0 Å². The van der Waals surface area contributed by atoms with Crippen LogP contribution in [0, 0.1) is 11.3 Å². The lowest BCUT2D eigenvalue weighted by Crippen LogP contribution is -2.51. The molecule has 2 fully saturated rings. The average Bonchev–Trinajstić information content (AvgIpc) is 2.93. The highest BCUT2D eigenvalue weighted by Crippen LogP contribution is 2.33. The minimum Gasteiger partial charge on any atom is -0.381 e. The lowest BCUT2D eigenvalue weighted by atomic mass is 9.75. The van der Waals surface area contributed by atoms with Crippen LogP contribution in [0.2, 0.25) is 0 Å². The summed E-state index contributed by atoms with van der Waals surface area (Å²) in [4.78, 5) is 12.5. The summed E-state index contributed by atoms with van der Waals surface area (Å²) in [6, 6.07) is 0.235. The zero-order valence-electron chi connectivity index (χ0n) is 11.6. The van der Waals surface area contributed by atoms with Gasteiger partial charge in [-0.2, -0.15) is 0 Å². The molecule has 2 heterocycles. The minimum atomic E-state index is -0.140. The molecule has 18 heavy (non-hydrogen) atoms. The van der Waals surface area contributed by atoms with Crippen molar-refractivity contribution in [3.8, 4) is 0 Å². The van der Waals surface area contributed by atoms with E-state index in [2.05, 4.69) is 24.5 Å². The summed E-state index contributed by atoms with van der Waals surface area (Å²) in [7, 11) is 0. The van der Waals surface area contributed by atoms with Crippen molar-refractivity contribution in [3.05, 3.63) is 0 Å². The van der Waals surface area contributed by atoms with Gasteiger partial charge in [-0.05, 0) is 45.7 Å². The summed E-state index contributed by atoms with van der Waals surface area (Å²) >= 11 is 0. The third-order valence-corrected chi connectivity index (χ3v) is 4.75. The van der Waals surface area contributed by atoms with E-state index in [0.717, 1.165) is 52.0 Å². The lowest BCUT2D eigenvalue weighted by Gasteiger charge is -2.36. The quantitative estimate of drug-likeness (QED) is 0.795. The maximum Gasteiger partial charge on any atom is 0.226 e. The van der Waals surface area contributed by atoms with Gasteiger partial charge in [0.1, 0.15) is 0 Å². The predicted molar refractivity (Wildman–Crippen MR) is 71.4 cm³/mol. The van der Waals surface area contributed by atoms with Gasteiger partial charge < -0.3 is 15.4 Å². The fourth-order valence-electron chi connectivity index (χ4n) is 3.07. The summed E-state index contributed by atoms with van der Waals surface area (Å²) in [5.41, 5.74) is -0.140. The fourth-order valence-corrected chi connectivity index (χ4v) is 3.07. The molecule has 2 aliphatic rings. The predicted octanol–water partition coefficient (Wildman–Crippen LogP) is 1.31. The van der Waals surface area contributed by atoms with E-state index in [4.69, 9.17) is 4.74 Å². The first-order valence-corrected chi connectivity index (χ1v) is 7.27. The normalized spacial score (nSPS) is 28.9. The Bertz CT molecular complexity index is 282. The van der Waals surface area contributed by atoms with E-state index in [-0.39, 0.29) is 17.4 Å². The molecule has 104 valence electrons. The van der Waals surface area contributed by atoms with Crippen LogP contribution in [-0.2, 0) is 9.53 Å². The standard InChI is InChI=1S/C14H26N2O2/c1-3-14(5-7-15-8-6-14)13(17)16-11(2)12-4-9-18-10-12/h11-12,15H,3-10H2,1-2H3,(H,16,17). The highest BCUT2D eigenvalue weighted by Gasteiger charge is 2.39. The molecule has 1 amide bonds. The molecule has 0 radical (unpaired) electrons. The van der Waals surface area contributed by atoms with Crippen LogP contribution in [0.5, 0.6) is 0 Å². The molecule has 0 aliphatic carbocycles.